The highest BCUT2D eigenvalue weighted by Gasteiger charge is 2.38. The Morgan fingerprint density at radius 1 is 1.23 bits per heavy atom. The molecule has 182 valence electrons. The van der Waals surface area contributed by atoms with Crippen molar-refractivity contribution in [1.29, 1.82) is 0 Å². The van der Waals surface area contributed by atoms with Gasteiger partial charge in [-0.05, 0) is 24.3 Å². The summed E-state index contributed by atoms with van der Waals surface area (Å²) in [5.74, 6) is -0.265. The molecule has 11 nitrogen and oxygen atoms in total. The third-order valence-electron chi connectivity index (χ3n) is 6.09. The number of methoxy groups -OCH3 is 1. The first kappa shape index (κ1) is 22.7. The van der Waals surface area contributed by atoms with Crippen LogP contribution in [0.25, 0.3) is 11.0 Å². The Morgan fingerprint density at radius 2 is 2.03 bits per heavy atom. The van der Waals surface area contributed by atoms with Gasteiger partial charge in [-0.15, -0.1) is 0 Å². The number of nitrogens with two attached hydrogens (primary N) is 1. The van der Waals surface area contributed by atoms with E-state index in [1.54, 1.807) is 36.4 Å². The van der Waals surface area contributed by atoms with Gasteiger partial charge >= 0.3 is 6.09 Å². The standard InChI is InChI=1S/C24H24N4O7/c1-32-20-5-3-17-21(27-20)15(6-7-26-17)22(29)16(23(25)30)11-14-12-28(24(31)35-14)13-2-4-18-19(10-13)34-9-8-33-18/h2-7,10,14,16,22,29H,8-9,11-12H2,1H3,(H2,25,30)/t14-,16?,22-/m1/s1. The quantitative estimate of drug-likeness (QED) is 0.518. The van der Waals surface area contributed by atoms with Crippen LogP contribution >= 0.6 is 0 Å². The van der Waals surface area contributed by atoms with E-state index in [0.29, 0.717) is 52.9 Å². The molecule has 2 amide bonds. The largest absolute Gasteiger partial charge is 0.486 e. The molecule has 35 heavy (non-hydrogen) atoms. The van der Waals surface area contributed by atoms with Gasteiger partial charge in [0.2, 0.25) is 11.8 Å². The number of pyridine rings is 2. The molecule has 2 aliphatic rings. The molecule has 2 aliphatic heterocycles. The molecular formula is C24H24N4O7. The van der Waals surface area contributed by atoms with E-state index in [4.69, 9.17) is 24.7 Å². The summed E-state index contributed by atoms with van der Waals surface area (Å²) in [5, 5.41) is 11.2. The summed E-state index contributed by atoms with van der Waals surface area (Å²) < 4.78 is 21.8. The van der Waals surface area contributed by atoms with Crippen molar-refractivity contribution < 1.29 is 33.6 Å². The molecule has 3 atom stereocenters. The summed E-state index contributed by atoms with van der Waals surface area (Å²) in [5.41, 5.74) is 7.55. The monoisotopic (exact) mass is 480 g/mol. The number of hydrogen-bond acceptors (Lipinski definition) is 9. The predicted octanol–water partition coefficient (Wildman–Crippen LogP) is 1.96. The van der Waals surface area contributed by atoms with Gasteiger partial charge < -0.3 is 29.8 Å². The average molecular weight is 480 g/mol. The Bertz CT molecular complexity index is 1280. The molecule has 1 saturated heterocycles. The van der Waals surface area contributed by atoms with E-state index in [9.17, 15) is 14.7 Å². The molecule has 0 spiro atoms. The number of carbonyl (C=O) groups excluding carboxylic acids is 2. The van der Waals surface area contributed by atoms with Gasteiger partial charge in [-0.1, -0.05) is 0 Å². The first-order chi connectivity index (χ1) is 16.9. The van der Waals surface area contributed by atoms with E-state index >= 15 is 0 Å². The molecule has 11 heteroatoms. The van der Waals surface area contributed by atoms with Crippen LogP contribution in [-0.2, 0) is 9.53 Å². The van der Waals surface area contributed by atoms with E-state index < -0.39 is 30.1 Å². The SMILES string of the molecule is COc1ccc2nccc([C@@H](O)C(C[C@@H]3CN(c4ccc5c(c4)OCCO5)C(=O)O3)C(N)=O)c2n1. The van der Waals surface area contributed by atoms with Gasteiger partial charge in [0, 0.05) is 30.3 Å². The number of ether oxygens (including phenoxy) is 4. The second-order valence-electron chi connectivity index (χ2n) is 8.26. The van der Waals surface area contributed by atoms with Crippen molar-refractivity contribution >= 4 is 28.7 Å². The van der Waals surface area contributed by atoms with Crippen molar-refractivity contribution in [2.45, 2.75) is 18.6 Å². The zero-order valence-corrected chi connectivity index (χ0v) is 18.9. The number of benzene rings is 1. The first-order valence-corrected chi connectivity index (χ1v) is 11.1. The number of fused-ring (bicyclic) bond motifs is 2. The molecule has 3 aromatic rings. The smallest absolute Gasteiger partial charge is 0.414 e. The van der Waals surface area contributed by atoms with Crippen LogP contribution in [0.5, 0.6) is 17.4 Å². The Morgan fingerprint density at radius 3 is 2.80 bits per heavy atom. The van der Waals surface area contributed by atoms with Crippen LogP contribution in [0.15, 0.2) is 42.6 Å². The van der Waals surface area contributed by atoms with Gasteiger partial charge in [-0.2, -0.15) is 0 Å². The maximum Gasteiger partial charge on any atom is 0.414 e. The number of amides is 2. The Balaban J connectivity index is 1.36. The zero-order valence-electron chi connectivity index (χ0n) is 18.9. The third kappa shape index (κ3) is 4.37. The fourth-order valence-corrected chi connectivity index (χ4v) is 4.34. The molecule has 4 heterocycles. The molecule has 0 aliphatic carbocycles. The summed E-state index contributed by atoms with van der Waals surface area (Å²) in [4.78, 5) is 35.1. The second-order valence-corrected chi connectivity index (χ2v) is 8.26. The molecule has 0 saturated carbocycles. The van der Waals surface area contributed by atoms with Gasteiger partial charge in [0.25, 0.3) is 0 Å². The van der Waals surface area contributed by atoms with E-state index in [1.165, 1.54) is 18.2 Å². The lowest BCUT2D eigenvalue weighted by molar-refractivity contribution is -0.126. The highest BCUT2D eigenvalue weighted by atomic mass is 16.6. The average Bonchev–Trinajstić information content (AvgIpc) is 3.25. The number of aromatic nitrogens is 2. The number of primary amides is 1. The van der Waals surface area contributed by atoms with E-state index in [1.807, 2.05) is 0 Å². The fourth-order valence-electron chi connectivity index (χ4n) is 4.34. The Kier molecular flexibility index (Phi) is 6.00. The molecule has 0 radical (unpaired) electrons. The Hall–Kier alpha value is -4.12. The van der Waals surface area contributed by atoms with Gasteiger partial charge in [0.05, 0.1) is 42.4 Å². The van der Waals surface area contributed by atoms with Crippen molar-refractivity contribution in [3.63, 3.8) is 0 Å². The van der Waals surface area contributed by atoms with Gasteiger partial charge in [0.15, 0.2) is 11.5 Å². The molecule has 2 aromatic heterocycles. The molecule has 1 fully saturated rings. The number of rotatable bonds is 7. The summed E-state index contributed by atoms with van der Waals surface area (Å²) in [7, 11) is 1.48. The molecule has 1 unspecified atom stereocenters. The maximum absolute atomic E-state index is 12.6. The number of carbonyl (C=O) groups is 2. The van der Waals surface area contributed by atoms with Crippen LogP contribution in [0, 0.1) is 5.92 Å². The molecule has 1 aromatic carbocycles. The van der Waals surface area contributed by atoms with E-state index in [0.717, 1.165) is 0 Å². The summed E-state index contributed by atoms with van der Waals surface area (Å²) in [6.07, 6.45) is -0.980. The fraction of sp³-hybridized carbons (Fsp3) is 0.333. The van der Waals surface area contributed by atoms with Crippen LogP contribution in [0.1, 0.15) is 18.1 Å². The molecular weight excluding hydrogens is 456 g/mol. The summed E-state index contributed by atoms with van der Waals surface area (Å²) in [6, 6.07) is 10.1. The highest BCUT2D eigenvalue weighted by molar-refractivity contribution is 5.90. The van der Waals surface area contributed by atoms with Crippen molar-refractivity contribution in [1.82, 2.24) is 9.97 Å². The number of anilines is 1. The van der Waals surface area contributed by atoms with Crippen molar-refractivity contribution in [2.24, 2.45) is 11.7 Å². The summed E-state index contributed by atoms with van der Waals surface area (Å²) >= 11 is 0. The molecule has 0 bridgehead atoms. The van der Waals surface area contributed by atoms with Crippen molar-refractivity contribution in [3.8, 4) is 17.4 Å². The molecule has 5 rings (SSSR count). The number of nitrogens with zero attached hydrogens (tertiary/aromatic N) is 3. The minimum Gasteiger partial charge on any atom is -0.486 e. The predicted molar refractivity (Wildman–Crippen MR) is 123 cm³/mol. The topological polar surface area (TPSA) is 146 Å². The minimum absolute atomic E-state index is 0.0249. The first-order valence-electron chi connectivity index (χ1n) is 11.1. The minimum atomic E-state index is -1.29. The third-order valence-corrected chi connectivity index (χ3v) is 6.09. The number of aliphatic hydroxyl groups excluding tert-OH is 1. The highest BCUT2D eigenvalue weighted by Crippen LogP contribution is 2.37. The van der Waals surface area contributed by atoms with Gasteiger partial charge in [0.1, 0.15) is 19.3 Å². The second kappa shape index (κ2) is 9.26. The number of aliphatic hydroxyl groups is 1. The van der Waals surface area contributed by atoms with Gasteiger partial charge in [-0.25, -0.2) is 9.78 Å². The van der Waals surface area contributed by atoms with Crippen molar-refractivity contribution in [3.05, 3.63) is 48.2 Å². The molecule has 3 N–H and O–H groups in total. The van der Waals surface area contributed by atoms with Crippen LogP contribution < -0.4 is 24.8 Å². The van der Waals surface area contributed by atoms with Crippen LogP contribution in [0.3, 0.4) is 0 Å². The lowest BCUT2D eigenvalue weighted by Crippen LogP contribution is -2.33. The van der Waals surface area contributed by atoms with Crippen LogP contribution in [0.4, 0.5) is 10.5 Å². The summed E-state index contributed by atoms with van der Waals surface area (Å²) in [6.45, 7) is 1.07. The maximum atomic E-state index is 12.6. The van der Waals surface area contributed by atoms with Crippen LogP contribution in [0.2, 0.25) is 0 Å². The number of cyclic esters (lactones) is 1. The normalized spacial score (nSPS) is 18.7. The lowest BCUT2D eigenvalue weighted by atomic mass is 9.89. The van der Waals surface area contributed by atoms with E-state index in [2.05, 4.69) is 9.97 Å². The van der Waals surface area contributed by atoms with Crippen LogP contribution in [-0.4, -0.2) is 60.0 Å². The van der Waals surface area contributed by atoms with Crippen molar-refractivity contribution in [2.75, 3.05) is 31.8 Å². The number of hydrogen-bond donors (Lipinski definition) is 2. The zero-order chi connectivity index (χ0) is 24.5. The van der Waals surface area contributed by atoms with Gasteiger partial charge in [-0.3, -0.25) is 14.7 Å². The lowest BCUT2D eigenvalue weighted by Gasteiger charge is -2.23. The Labute approximate surface area is 200 Å². The van der Waals surface area contributed by atoms with E-state index in [-0.39, 0.29) is 13.0 Å².